The number of benzene rings is 1. The molecule has 2 rings (SSSR count). The predicted molar refractivity (Wildman–Crippen MR) is 106 cm³/mol. The van der Waals surface area contributed by atoms with Gasteiger partial charge in [0.2, 0.25) is 11.8 Å². The molecule has 142 valence electrons. The van der Waals surface area contributed by atoms with Gasteiger partial charge in [-0.05, 0) is 27.7 Å². The molecule has 1 heterocycles. The normalized spacial score (nSPS) is 11.5. The number of anilines is 1. The Morgan fingerprint density at radius 3 is 2.15 bits per heavy atom. The van der Waals surface area contributed by atoms with E-state index in [1.807, 2.05) is 70.0 Å². The van der Waals surface area contributed by atoms with Crippen LogP contribution in [0.4, 0.5) is 5.88 Å². The van der Waals surface area contributed by atoms with Crippen LogP contribution in [0.15, 0.2) is 34.9 Å². The van der Waals surface area contributed by atoms with Crippen LogP contribution in [0, 0.1) is 5.92 Å². The Hall–Kier alpha value is -2.30. The van der Waals surface area contributed by atoms with Gasteiger partial charge in [0.25, 0.3) is 0 Å². The van der Waals surface area contributed by atoms with Gasteiger partial charge in [0.05, 0.1) is 12.1 Å². The van der Waals surface area contributed by atoms with Gasteiger partial charge in [-0.25, -0.2) is 0 Å². The van der Waals surface area contributed by atoms with Crippen molar-refractivity contribution in [1.29, 1.82) is 0 Å². The molecule has 0 bridgehead atoms. The van der Waals surface area contributed by atoms with E-state index in [1.54, 1.807) is 0 Å². The number of hydrogen-bond acceptors (Lipinski definition) is 4. The maximum Gasteiger partial charge on any atom is 0.232 e. The van der Waals surface area contributed by atoms with Crippen molar-refractivity contribution in [2.75, 3.05) is 11.9 Å². The molecule has 0 aliphatic rings. The van der Waals surface area contributed by atoms with Gasteiger partial charge >= 0.3 is 0 Å². The molecule has 26 heavy (non-hydrogen) atoms. The van der Waals surface area contributed by atoms with Crippen molar-refractivity contribution < 1.29 is 9.32 Å². The summed E-state index contributed by atoms with van der Waals surface area (Å²) in [5.74, 6) is 0.808. The fourth-order valence-corrected chi connectivity index (χ4v) is 2.79. The molecule has 0 unspecified atom stereocenters. The first-order valence-electron chi connectivity index (χ1n) is 9.31. The van der Waals surface area contributed by atoms with Crippen LogP contribution < -0.4 is 4.90 Å². The molecule has 1 amide bonds. The second-order valence-corrected chi connectivity index (χ2v) is 7.60. The van der Waals surface area contributed by atoms with Gasteiger partial charge in [0.15, 0.2) is 0 Å². The van der Waals surface area contributed by atoms with Crippen LogP contribution in [0.5, 0.6) is 0 Å². The van der Waals surface area contributed by atoms with E-state index in [0.29, 0.717) is 6.54 Å². The summed E-state index contributed by atoms with van der Waals surface area (Å²) < 4.78 is 5.73. The zero-order chi connectivity index (χ0) is 19.4. The summed E-state index contributed by atoms with van der Waals surface area (Å²) in [6.07, 6.45) is 0. The third-order valence-corrected chi connectivity index (χ3v) is 4.64. The highest BCUT2D eigenvalue weighted by Crippen LogP contribution is 2.33. The van der Waals surface area contributed by atoms with Gasteiger partial charge in [-0.2, -0.15) is 0 Å². The molecule has 0 aliphatic heterocycles. The van der Waals surface area contributed by atoms with Crippen LogP contribution in [-0.2, 0) is 11.3 Å². The topological polar surface area (TPSA) is 49.6 Å². The Morgan fingerprint density at radius 1 is 1.04 bits per heavy atom. The van der Waals surface area contributed by atoms with Crippen LogP contribution in [0.2, 0.25) is 0 Å². The third kappa shape index (κ3) is 4.26. The summed E-state index contributed by atoms with van der Waals surface area (Å²) in [5, 5.41) is 4.35. The standard InChI is InChI=1S/C21H31N3O2/c1-14(2)20(25)24(16(5)6)13-18-19(17-11-9-8-10-12-17)22-26-21(18)23(7)15(3)4/h8-12,14-16H,13H2,1-7H3. The predicted octanol–water partition coefficient (Wildman–Crippen LogP) is 4.58. The molecule has 1 aromatic carbocycles. The number of hydrogen-bond donors (Lipinski definition) is 0. The van der Waals surface area contributed by atoms with Crippen LogP contribution >= 0.6 is 0 Å². The lowest BCUT2D eigenvalue weighted by Gasteiger charge is -2.30. The average molecular weight is 357 g/mol. The zero-order valence-corrected chi connectivity index (χ0v) is 17.0. The van der Waals surface area contributed by atoms with Crippen LogP contribution in [0.25, 0.3) is 11.3 Å². The lowest BCUT2D eigenvalue weighted by Crippen LogP contribution is -2.39. The molecule has 5 nitrogen and oxygen atoms in total. The smallest absolute Gasteiger partial charge is 0.232 e. The molecule has 0 radical (unpaired) electrons. The van der Waals surface area contributed by atoms with E-state index < -0.39 is 0 Å². The fourth-order valence-electron chi connectivity index (χ4n) is 2.79. The van der Waals surface area contributed by atoms with Gasteiger partial charge < -0.3 is 14.3 Å². The van der Waals surface area contributed by atoms with Gasteiger partial charge in [-0.15, -0.1) is 0 Å². The Bertz CT molecular complexity index is 720. The summed E-state index contributed by atoms with van der Waals surface area (Å²) in [7, 11) is 1.99. The monoisotopic (exact) mass is 357 g/mol. The van der Waals surface area contributed by atoms with E-state index in [1.165, 1.54) is 0 Å². The number of aromatic nitrogens is 1. The summed E-state index contributed by atoms with van der Waals surface area (Å²) in [6, 6.07) is 10.3. The number of rotatable bonds is 7. The Balaban J connectivity index is 2.52. The van der Waals surface area contributed by atoms with E-state index in [9.17, 15) is 4.79 Å². The maximum absolute atomic E-state index is 12.7. The molecule has 0 N–H and O–H groups in total. The number of amides is 1. The van der Waals surface area contributed by atoms with E-state index in [4.69, 9.17) is 4.52 Å². The molecule has 0 aliphatic carbocycles. The molecule has 2 aromatic rings. The highest BCUT2D eigenvalue weighted by molar-refractivity contribution is 5.79. The van der Waals surface area contributed by atoms with Gasteiger partial charge in [0.1, 0.15) is 5.69 Å². The number of carbonyl (C=O) groups is 1. The van der Waals surface area contributed by atoms with Crippen molar-refractivity contribution in [2.45, 2.75) is 60.2 Å². The van der Waals surface area contributed by atoms with Gasteiger partial charge in [-0.1, -0.05) is 49.3 Å². The largest absolute Gasteiger partial charge is 0.341 e. The summed E-state index contributed by atoms with van der Waals surface area (Å²) >= 11 is 0. The highest BCUT2D eigenvalue weighted by atomic mass is 16.5. The SMILES string of the molecule is CC(C)C(=O)N(Cc1c(-c2ccccc2)noc1N(C)C(C)C)C(C)C. The van der Waals surface area contributed by atoms with Gasteiger partial charge in [-0.3, -0.25) is 4.79 Å². The summed E-state index contributed by atoms with van der Waals surface area (Å²) in [6.45, 7) is 12.6. The third-order valence-electron chi connectivity index (χ3n) is 4.64. The number of nitrogens with zero attached hydrogens (tertiary/aromatic N) is 3. The molecule has 1 aromatic heterocycles. The summed E-state index contributed by atoms with van der Waals surface area (Å²) in [4.78, 5) is 16.7. The zero-order valence-electron chi connectivity index (χ0n) is 17.0. The Labute approximate surface area is 157 Å². The molecule has 0 spiro atoms. The highest BCUT2D eigenvalue weighted by Gasteiger charge is 2.27. The van der Waals surface area contributed by atoms with E-state index in [0.717, 1.165) is 22.7 Å². The molecule has 5 heteroatoms. The molecule has 0 atom stereocenters. The Kier molecular flexibility index (Phi) is 6.46. The van der Waals surface area contributed by atoms with Crippen molar-refractivity contribution in [3.8, 4) is 11.3 Å². The molecule has 0 saturated carbocycles. The second-order valence-electron chi connectivity index (χ2n) is 7.60. The quantitative estimate of drug-likeness (QED) is 0.728. The molecule has 0 saturated heterocycles. The van der Waals surface area contributed by atoms with E-state index in [2.05, 4.69) is 23.9 Å². The van der Waals surface area contributed by atoms with Crippen molar-refractivity contribution >= 4 is 11.8 Å². The van der Waals surface area contributed by atoms with Crippen molar-refractivity contribution in [2.24, 2.45) is 5.92 Å². The van der Waals surface area contributed by atoms with Crippen molar-refractivity contribution in [1.82, 2.24) is 10.1 Å². The summed E-state index contributed by atoms with van der Waals surface area (Å²) in [5.41, 5.74) is 2.75. The lowest BCUT2D eigenvalue weighted by molar-refractivity contribution is -0.136. The van der Waals surface area contributed by atoms with Crippen molar-refractivity contribution in [3.05, 3.63) is 35.9 Å². The number of carbonyl (C=O) groups excluding carboxylic acids is 1. The molecular formula is C21H31N3O2. The maximum atomic E-state index is 12.7. The van der Waals surface area contributed by atoms with Crippen LogP contribution in [0.3, 0.4) is 0 Å². The minimum Gasteiger partial charge on any atom is -0.341 e. The first kappa shape index (κ1) is 20.0. The van der Waals surface area contributed by atoms with Crippen LogP contribution in [0.1, 0.15) is 47.1 Å². The molecule has 0 fully saturated rings. The van der Waals surface area contributed by atoms with Crippen LogP contribution in [-0.4, -0.2) is 35.1 Å². The molecular weight excluding hydrogens is 326 g/mol. The minimum absolute atomic E-state index is 0.0521. The Morgan fingerprint density at radius 2 is 1.65 bits per heavy atom. The average Bonchev–Trinajstić information content (AvgIpc) is 3.02. The second kappa shape index (κ2) is 8.39. The minimum atomic E-state index is -0.0521. The first-order valence-corrected chi connectivity index (χ1v) is 9.31. The fraction of sp³-hybridized carbons (Fsp3) is 0.524. The van der Waals surface area contributed by atoms with E-state index >= 15 is 0 Å². The van der Waals surface area contributed by atoms with E-state index in [-0.39, 0.29) is 23.9 Å². The van der Waals surface area contributed by atoms with Crippen molar-refractivity contribution in [3.63, 3.8) is 0 Å². The first-order chi connectivity index (χ1) is 12.2. The van der Waals surface area contributed by atoms with Gasteiger partial charge in [0, 0.05) is 30.6 Å². The lowest BCUT2D eigenvalue weighted by atomic mass is 10.0.